The van der Waals surface area contributed by atoms with E-state index in [2.05, 4.69) is 17.6 Å². The van der Waals surface area contributed by atoms with Crippen molar-refractivity contribution in [2.45, 2.75) is 75.3 Å². The van der Waals surface area contributed by atoms with Crippen molar-refractivity contribution in [1.82, 2.24) is 14.9 Å². The van der Waals surface area contributed by atoms with Gasteiger partial charge in [0.2, 0.25) is 15.9 Å². The lowest BCUT2D eigenvalue weighted by Gasteiger charge is -2.44. The fraction of sp³-hybridized carbons (Fsp3) is 0.652. The lowest BCUT2D eigenvalue weighted by molar-refractivity contribution is -0.127. The molecule has 0 bridgehead atoms. The van der Waals surface area contributed by atoms with Gasteiger partial charge in [0.1, 0.15) is 0 Å². The summed E-state index contributed by atoms with van der Waals surface area (Å²) in [4.78, 5) is 25.0. The first-order valence-corrected chi connectivity index (χ1v) is 13.0. The summed E-state index contributed by atoms with van der Waals surface area (Å²) < 4.78 is 27.1. The number of benzene rings is 1. The van der Waals surface area contributed by atoms with Crippen LogP contribution < -0.4 is 10.6 Å². The Morgan fingerprint density at radius 2 is 1.84 bits per heavy atom. The van der Waals surface area contributed by atoms with Gasteiger partial charge in [0.25, 0.3) is 5.91 Å². The highest BCUT2D eigenvalue weighted by molar-refractivity contribution is 7.89. The third-order valence-electron chi connectivity index (χ3n) is 7.23. The molecule has 0 aromatic heterocycles. The van der Waals surface area contributed by atoms with E-state index in [1.54, 1.807) is 12.1 Å². The average molecular weight is 448 g/mol. The van der Waals surface area contributed by atoms with Gasteiger partial charge in [-0.3, -0.25) is 9.59 Å². The van der Waals surface area contributed by atoms with Crippen LogP contribution in [0.15, 0.2) is 29.2 Å². The molecule has 170 valence electrons. The molecule has 2 amide bonds. The maximum absolute atomic E-state index is 12.8. The molecule has 8 heteroatoms. The molecule has 0 spiro atoms. The van der Waals surface area contributed by atoms with E-state index in [1.165, 1.54) is 16.4 Å². The van der Waals surface area contributed by atoms with Gasteiger partial charge in [-0.25, -0.2) is 8.42 Å². The van der Waals surface area contributed by atoms with E-state index in [-0.39, 0.29) is 28.8 Å². The summed E-state index contributed by atoms with van der Waals surface area (Å²) >= 11 is 0. The minimum Gasteiger partial charge on any atom is -0.353 e. The average Bonchev–Trinajstić information content (AvgIpc) is 2.79. The Balaban J connectivity index is 1.37. The third-order valence-corrected chi connectivity index (χ3v) is 9.14. The summed E-state index contributed by atoms with van der Waals surface area (Å²) in [6.45, 7) is 3.26. The summed E-state index contributed by atoms with van der Waals surface area (Å²) in [7, 11) is -3.50. The van der Waals surface area contributed by atoms with E-state index in [0.29, 0.717) is 36.9 Å². The van der Waals surface area contributed by atoms with Gasteiger partial charge < -0.3 is 10.6 Å². The number of fused-ring (bicyclic) bond motifs is 1. The Hall–Kier alpha value is -1.93. The van der Waals surface area contributed by atoms with Crippen LogP contribution in [-0.2, 0) is 14.8 Å². The zero-order valence-corrected chi connectivity index (χ0v) is 19.0. The molecule has 2 heterocycles. The second-order valence-electron chi connectivity index (χ2n) is 9.18. The third kappa shape index (κ3) is 4.80. The van der Waals surface area contributed by atoms with E-state index in [4.69, 9.17) is 0 Å². The van der Waals surface area contributed by atoms with E-state index in [0.717, 1.165) is 44.9 Å². The first-order valence-electron chi connectivity index (χ1n) is 11.6. The Bertz CT molecular complexity index is 909. The Morgan fingerprint density at radius 1 is 1.13 bits per heavy atom. The van der Waals surface area contributed by atoms with Crippen LogP contribution in [0.25, 0.3) is 0 Å². The molecule has 4 rings (SSSR count). The minimum absolute atomic E-state index is 0.0152. The predicted octanol–water partition coefficient (Wildman–Crippen LogP) is 2.67. The summed E-state index contributed by atoms with van der Waals surface area (Å²) in [6.07, 6.45) is 7.13. The second kappa shape index (κ2) is 9.28. The quantitative estimate of drug-likeness (QED) is 0.725. The molecular weight excluding hydrogens is 414 g/mol. The van der Waals surface area contributed by atoms with Crippen LogP contribution in [0.4, 0.5) is 0 Å². The SMILES string of the molecule is CCC1CC(=O)NC2CC(NC(=O)c3ccc(S(=O)(=O)N4CCCCC4)cc3)CCC12. The van der Waals surface area contributed by atoms with Gasteiger partial charge in [0.15, 0.2) is 0 Å². The monoisotopic (exact) mass is 447 g/mol. The number of nitrogens with one attached hydrogen (secondary N) is 2. The zero-order chi connectivity index (χ0) is 22.0. The molecule has 4 unspecified atom stereocenters. The number of carbonyl (C=O) groups excluding carboxylic acids is 2. The highest BCUT2D eigenvalue weighted by Crippen LogP contribution is 2.37. The Morgan fingerprint density at radius 3 is 2.52 bits per heavy atom. The predicted molar refractivity (Wildman–Crippen MR) is 118 cm³/mol. The number of nitrogens with zero attached hydrogens (tertiary/aromatic N) is 1. The number of carbonyl (C=O) groups is 2. The van der Waals surface area contributed by atoms with Crippen LogP contribution in [0, 0.1) is 11.8 Å². The van der Waals surface area contributed by atoms with Crippen molar-refractivity contribution in [3.05, 3.63) is 29.8 Å². The smallest absolute Gasteiger partial charge is 0.251 e. The first kappa shape index (κ1) is 22.3. The van der Waals surface area contributed by atoms with Crippen LogP contribution >= 0.6 is 0 Å². The van der Waals surface area contributed by atoms with Crippen molar-refractivity contribution in [2.75, 3.05) is 13.1 Å². The molecule has 3 aliphatic rings. The second-order valence-corrected chi connectivity index (χ2v) is 11.1. The largest absolute Gasteiger partial charge is 0.353 e. The molecule has 7 nitrogen and oxygen atoms in total. The maximum Gasteiger partial charge on any atom is 0.251 e. The molecule has 31 heavy (non-hydrogen) atoms. The summed E-state index contributed by atoms with van der Waals surface area (Å²) in [5, 5.41) is 6.21. The summed E-state index contributed by atoms with van der Waals surface area (Å²) in [6, 6.07) is 6.38. The number of rotatable bonds is 5. The molecule has 2 aliphatic heterocycles. The number of hydrogen-bond donors (Lipinski definition) is 2. The van der Waals surface area contributed by atoms with Crippen molar-refractivity contribution in [2.24, 2.45) is 11.8 Å². The van der Waals surface area contributed by atoms with Gasteiger partial charge in [-0.2, -0.15) is 4.31 Å². The molecule has 2 saturated heterocycles. The molecule has 0 radical (unpaired) electrons. The van der Waals surface area contributed by atoms with Gasteiger partial charge >= 0.3 is 0 Å². The molecule has 1 aliphatic carbocycles. The Labute approximate surface area is 185 Å². The number of sulfonamides is 1. The van der Waals surface area contributed by atoms with Crippen molar-refractivity contribution in [3.8, 4) is 0 Å². The van der Waals surface area contributed by atoms with Crippen molar-refractivity contribution in [3.63, 3.8) is 0 Å². The maximum atomic E-state index is 12.8. The van der Waals surface area contributed by atoms with Crippen LogP contribution in [0.5, 0.6) is 0 Å². The lowest BCUT2D eigenvalue weighted by Crippen LogP contribution is -2.55. The van der Waals surface area contributed by atoms with E-state index >= 15 is 0 Å². The van der Waals surface area contributed by atoms with Gasteiger partial charge in [-0.15, -0.1) is 0 Å². The fourth-order valence-electron chi connectivity index (χ4n) is 5.46. The van der Waals surface area contributed by atoms with Crippen LogP contribution in [0.3, 0.4) is 0 Å². The van der Waals surface area contributed by atoms with Crippen molar-refractivity contribution >= 4 is 21.8 Å². The highest BCUT2D eigenvalue weighted by Gasteiger charge is 2.40. The molecule has 4 atom stereocenters. The number of hydrogen-bond acceptors (Lipinski definition) is 4. The van der Waals surface area contributed by atoms with Gasteiger partial charge in [0.05, 0.1) is 4.90 Å². The molecular formula is C23H33N3O4S. The standard InChI is InChI=1S/C23H33N3O4S/c1-2-16-14-22(27)25-21-15-18(8-11-20(16)21)24-23(28)17-6-9-19(10-7-17)31(29,30)26-12-4-3-5-13-26/h6-7,9-10,16,18,20-21H,2-5,8,11-15H2,1H3,(H,24,28)(H,25,27). The molecule has 1 aromatic rings. The molecule has 2 N–H and O–H groups in total. The fourth-order valence-corrected chi connectivity index (χ4v) is 6.98. The topological polar surface area (TPSA) is 95.6 Å². The summed E-state index contributed by atoms with van der Waals surface area (Å²) in [5.41, 5.74) is 0.457. The minimum atomic E-state index is -3.50. The van der Waals surface area contributed by atoms with E-state index in [9.17, 15) is 18.0 Å². The van der Waals surface area contributed by atoms with Crippen LogP contribution in [0.1, 0.15) is 68.6 Å². The van der Waals surface area contributed by atoms with Crippen molar-refractivity contribution in [1.29, 1.82) is 0 Å². The zero-order valence-electron chi connectivity index (χ0n) is 18.2. The van der Waals surface area contributed by atoms with E-state index in [1.807, 2.05) is 0 Å². The number of piperidine rings is 2. The van der Waals surface area contributed by atoms with Crippen molar-refractivity contribution < 1.29 is 18.0 Å². The summed E-state index contributed by atoms with van der Waals surface area (Å²) in [5.74, 6) is 0.852. The van der Waals surface area contributed by atoms with E-state index < -0.39 is 10.0 Å². The van der Waals surface area contributed by atoms with Gasteiger partial charge in [-0.1, -0.05) is 19.8 Å². The molecule has 1 aromatic carbocycles. The normalized spacial score (nSPS) is 29.6. The van der Waals surface area contributed by atoms with Crippen LogP contribution in [-0.4, -0.2) is 49.7 Å². The molecule has 1 saturated carbocycles. The van der Waals surface area contributed by atoms with Crippen LogP contribution in [0.2, 0.25) is 0 Å². The first-order chi connectivity index (χ1) is 14.9. The van der Waals surface area contributed by atoms with Gasteiger partial charge in [0, 0.05) is 37.2 Å². The highest BCUT2D eigenvalue weighted by atomic mass is 32.2. The lowest BCUT2D eigenvalue weighted by atomic mass is 9.70. The molecule has 3 fully saturated rings. The number of amides is 2. The Kier molecular flexibility index (Phi) is 6.67. The van der Waals surface area contributed by atoms with Gasteiger partial charge in [-0.05, 0) is 68.2 Å².